The molecule has 0 fully saturated rings. The summed E-state index contributed by atoms with van der Waals surface area (Å²) < 4.78 is 0. The summed E-state index contributed by atoms with van der Waals surface area (Å²) in [5.41, 5.74) is 7.43. The molecule has 4 nitrogen and oxygen atoms in total. The smallest absolute Gasteiger partial charge is 0.157 e. The zero-order valence-electron chi connectivity index (χ0n) is 7.96. The maximum atomic E-state index is 8.89. The van der Waals surface area contributed by atoms with Gasteiger partial charge in [0, 0.05) is 5.69 Å². The molecule has 0 amide bonds. The first kappa shape index (κ1) is 10.5. The Morgan fingerprint density at radius 2 is 2.29 bits per heavy atom. The van der Waals surface area contributed by atoms with Gasteiger partial charge in [0.15, 0.2) is 5.17 Å². The molecule has 1 aromatic rings. The predicted octanol–water partition coefficient (Wildman–Crippen LogP) is 1.56. The molecule has 0 radical (unpaired) electrons. The highest BCUT2D eigenvalue weighted by Gasteiger charge is 2.09. The largest absolute Gasteiger partial charge is 0.378 e. The van der Waals surface area contributed by atoms with Crippen molar-refractivity contribution in [1.82, 2.24) is 4.98 Å². The molecule has 0 spiro atoms. The number of nitrogens with zero attached hydrogens (tertiary/aromatic N) is 2. The summed E-state index contributed by atoms with van der Waals surface area (Å²) in [6.07, 6.45) is 0. The van der Waals surface area contributed by atoms with Gasteiger partial charge < -0.3 is 5.73 Å². The molecule has 0 aliphatic heterocycles. The van der Waals surface area contributed by atoms with Gasteiger partial charge in [-0.25, -0.2) is 4.98 Å². The first-order valence-electron chi connectivity index (χ1n) is 3.95. The van der Waals surface area contributed by atoms with Gasteiger partial charge in [0.05, 0.1) is 5.56 Å². The summed E-state index contributed by atoms with van der Waals surface area (Å²) in [4.78, 5) is 4.16. The van der Waals surface area contributed by atoms with Gasteiger partial charge in [0.25, 0.3) is 0 Å². The van der Waals surface area contributed by atoms with Gasteiger partial charge in [0.2, 0.25) is 0 Å². The lowest BCUT2D eigenvalue weighted by Gasteiger charge is -2.05. The van der Waals surface area contributed by atoms with Crippen LogP contribution >= 0.6 is 11.8 Å². The maximum Gasteiger partial charge on any atom is 0.157 e. The van der Waals surface area contributed by atoms with E-state index < -0.39 is 0 Å². The zero-order valence-corrected chi connectivity index (χ0v) is 8.77. The van der Waals surface area contributed by atoms with E-state index >= 15 is 0 Å². The molecule has 0 saturated heterocycles. The van der Waals surface area contributed by atoms with Gasteiger partial charge in [0.1, 0.15) is 11.1 Å². The third kappa shape index (κ3) is 2.24. The standard InChI is InChI=1S/C9H10N4S/c1-5-3-6(2)13-8(7(5)4-10)14-9(11)12/h3H,1-2H3,(H3,11,12). The second kappa shape index (κ2) is 4.11. The van der Waals surface area contributed by atoms with Gasteiger partial charge >= 0.3 is 0 Å². The fourth-order valence-corrected chi connectivity index (χ4v) is 1.82. The number of aromatic nitrogens is 1. The third-order valence-electron chi connectivity index (χ3n) is 1.63. The molecule has 1 aromatic heterocycles. The summed E-state index contributed by atoms with van der Waals surface area (Å²) >= 11 is 1.01. The van der Waals surface area contributed by atoms with Crippen molar-refractivity contribution in [3.8, 4) is 6.07 Å². The third-order valence-corrected chi connectivity index (χ3v) is 2.34. The van der Waals surface area contributed by atoms with E-state index in [1.165, 1.54) is 0 Å². The Labute approximate surface area is 86.7 Å². The minimum Gasteiger partial charge on any atom is -0.378 e. The molecule has 0 atom stereocenters. The van der Waals surface area contributed by atoms with Gasteiger partial charge in [-0.3, -0.25) is 5.41 Å². The Balaban J connectivity index is 3.26. The number of aryl methyl sites for hydroxylation is 2. The topological polar surface area (TPSA) is 86.5 Å². The Morgan fingerprint density at radius 3 is 2.79 bits per heavy atom. The fraction of sp³-hybridized carbons (Fsp3) is 0.222. The van der Waals surface area contributed by atoms with Crippen molar-refractivity contribution in [2.75, 3.05) is 0 Å². The van der Waals surface area contributed by atoms with E-state index in [4.69, 9.17) is 16.4 Å². The lowest BCUT2D eigenvalue weighted by Crippen LogP contribution is -2.05. The van der Waals surface area contributed by atoms with E-state index in [9.17, 15) is 0 Å². The second-order valence-corrected chi connectivity index (χ2v) is 3.87. The number of nitriles is 1. The van der Waals surface area contributed by atoms with E-state index in [0.717, 1.165) is 23.0 Å². The molecular weight excluding hydrogens is 196 g/mol. The van der Waals surface area contributed by atoms with Crippen LogP contribution in [0, 0.1) is 30.6 Å². The minimum absolute atomic E-state index is 0.0565. The van der Waals surface area contributed by atoms with Crippen molar-refractivity contribution in [3.05, 3.63) is 22.9 Å². The highest BCUT2D eigenvalue weighted by molar-refractivity contribution is 8.13. The quantitative estimate of drug-likeness (QED) is 0.414. The Bertz CT molecular complexity index is 420. The molecule has 14 heavy (non-hydrogen) atoms. The Hall–Kier alpha value is -1.54. The highest BCUT2D eigenvalue weighted by Crippen LogP contribution is 2.22. The maximum absolute atomic E-state index is 8.89. The summed E-state index contributed by atoms with van der Waals surface area (Å²) in [7, 11) is 0. The number of amidine groups is 1. The van der Waals surface area contributed by atoms with Crippen molar-refractivity contribution in [1.29, 1.82) is 10.7 Å². The molecular formula is C9H10N4S. The van der Waals surface area contributed by atoms with Crippen LogP contribution in [-0.2, 0) is 0 Å². The molecule has 5 heteroatoms. The van der Waals surface area contributed by atoms with Gasteiger partial charge in [-0.05, 0) is 37.2 Å². The van der Waals surface area contributed by atoms with Crippen LogP contribution in [0.2, 0.25) is 0 Å². The van der Waals surface area contributed by atoms with E-state index in [1.807, 2.05) is 19.9 Å². The number of nitrogens with two attached hydrogens (primary N) is 1. The van der Waals surface area contributed by atoms with E-state index in [1.54, 1.807) is 0 Å². The highest BCUT2D eigenvalue weighted by atomic mass is 32.2. The van der Waals surface area contributed by atoms with Crippen molar-refractivity contribution in [2.45, 2.75) is 18.9 Å². The average molecular weight is 206 g/mol. The Morgan fingerprint density at radius 1 is 1.64 bits per heavy atom. The number of thioether (sulfide) groups is 1. The summed E-state index contributed by atoms with van der Waals surface area (Å²) in [6, 6.07) is 3.90. The van der Waals surface area contributed by atoms with Crippen LogP contribution in [0.15, 0.2) is 11.1 Å². The van der Waals surface area contributed by atoms with Crippen LogP contribution in [0.4, 0.5) is 0 Å². The van der Waals surface area contributed by atoms with Gasteiger partial charge in [-0.2, -0.15) is 5.26 Å². The van der Waals surface area contributed by atoms with E-state index in [-0.39, 0.29) is 5.17 Å². The fourth-order valence-electron chi connectivity index (χ4n) is 1.12. The van der Waals surface area contributed by atoms with Crippen molar-refractivity contribution in [3.63, 3.8) is 0 Å². The number of hydrogen-bond donors (Lipinski definition) is 2. The summed E-state index contributed by atoms with van der Waals surface area (Å²) in [5, 5.41) is 16.5. The molecule has 0 aromatic carbocycles. The van der Waals surface area contributed by atoms with E-state index in [2.05, 4.69) is 11.1 Å². The number of hydrogen-bond acceptors (Lipinski definition) is 4. The lowest BCUT2D eigenvalue weighted by atomic mass is 10.1. The number of rotatable bonds is 1. The van der Waals surface area contributed by atoms with Crippen LogP contribution in [0.5, 0.6) is 0 Å². The predicted molar refractivity (Wildman–Crippen MR) is 56.2 cm³/mol. The van der Waals surface area contributed by atoms with Crippen molar-refractivity contribution in [2.24, 2.45) is 5.73 Å². The monoisotopic (exact) mass is 206 g/mol. The normalized spacial score (nSPS) is 9.50. The van der Waals surface area contributed by atoms with E-state index in [0.29, 0.717) is 10.6 Å². The number of nitrogens with one attached hydrogen (secondary N) is 1. The molecule has 1 rings (SSSR count). The average Bonchev–Trinajstić information content (AvgIpc) is 2.01. The molecule has 0 unspecified atom stereocenters. The van der Waals surface area contributed by atoms with Crippen LogP contribution in [0.25, 0.3) is 0 Å². The number of pyridine rings is 1. The summed E-state index contributed by atoms with van der Waals surface area (Å²) in [6.45, 7) is 3.69. The van der Waals surface area contributed by atoms with Crippen LogP contribution in [-0.4, -0.2) is 10.2 Å². The minimum atomic E-state index is -0.0565. The van der Waals surface area contributed by atoms with Crippen molar-refractivity contribution >= 4 is 16.9 Å². The molecule has 0 saturated carbocycles. The van der Waals surface area contributed by atoms with Crippen LogP contribution < -0.4 is 5.73 Å². The van der Waals surface area contributed by atoms with Crippen molar-refractivity contribution < 1.29 is 0 Å². The second-order valence-electron chi connectivity index (χ2n) is 2.84. The van der Waals surface area contributed by atoms with Crippen LogP contribution in [0.3, 0.4) is 0 Å². The first-order valence-corrected chi connectivity index (χ1v) is 4.76. The molecule has 0 bridgehead atoms. The molecule has 1 heterocycles. The first-order chi connectivity index (χ1) is 6.54. The van der Waals surface area contributed by atoms with Gasteiger partial charge in [-0.15, -0.1) is 0 Å². The molecule has 3 N–H and O–H groups in total. The van der Waals surface area contributed by atoms with Gasteiger partial charge in [-0.1, -0.05) is 0 Å². The zero-order chi connectivity index (χ0) is 10.7. The summed E-state index contributed by atoms with van der Waals surface area (Å²) in [5.74, 6) is 0. The Kier molecular flexibility index (Phi) is 3.10. The molecule has 72 valence electrons. The van der Waals surface area contributed by atoms with Crippen LogP contribution in [0.1, 0.15) is 16.8 Å². The SMILES string of the molecule is Cc1cc(C)c(C#N)c(SC(=N)N)n1. The molecule has 0 aliphatic rings. The molecule has 0 aliphatic carbocycles. The lowest BCUT2D eigenvalue weighted by molar-refractivity contribution is 1.03.